The van der Waals surface area contributed by atoms with Gasteiger partial charge in [0.1, 0.15) is 0 Å². The maximum atomic E-state index is 12.5. The smallest absolute Gasteiger partial charge is 0.251 e. The molecule has 1 atom stereocenters. The van der Waals surface area contributed by atoms with Crippen molar-refractivity contribution in [3.8, 4) is 0 Å². The zero-order valence-corrected chi connectivity index (χ0v) is 15.5. The van der Waals surface area contributed by atoms with Gasteiger partial charge in [-0.25, -0.2) is 13.1 Å². The minimum Gasteiger partial charge on any atom is -0.342 e. The Kier molecular flexibility index (Phi) is 5.38. The number of sulfonamides is 1. The molecule has 1 saturated carbocycles. The molecular formula is C17H22N4O4S. The number of nitrogens with zero attached hydrogens (tertiary/aromatic N) is 2. The molecule has 1 heterocycles. The predicted octanol–water partition coefficient (Wildman–Crippen LogP) is 1.95. The third-order valence-electron chi connectivity index (χ3n) is 4.23. The van der Waals surface area contributed by atoms with Crippen LogP contribution in [0.1, 0.15) is 54.3 Å². The highest BCUT2D eigenvalue weighted by molar-refractivity contribution is 7.89. The van der Waals surface area contributed by atoms with Crippen molar-refractivity contribution in [1.29, 1.82) is 0 Å². The Morgan fingerprint density at radius 1 is 1.38 bits per heavy atom. The van der Waals surface area contributed by atoms with Gasteiger partial charge in [-0.1, -0.05) is 18.1 Å². The first kappa shape index (κ1) is 18.5. The van der Waals surface area contributed by atoms with Gasteiger partial charge in [0.25, 0.3) is 5.91 Å². The fraction of sp³-hybridized carbons (Fsp3) is 0.471. The van der Waals surface area contributed by atoms with E-state index < -0.39 is 22.0 Å². The van der Waals surface area contributed by atoms with Gasteiger partial charge in [-0.3, -0.25) is 4.79 Å². The van der Waals surface area contributed by atoms with Crippen LogP contribution in [0.25, 0.3) is 0 Å². The Bertz CT molecular complexity index is 890. The second-order valence-corrected chi connectivity index (χ2v) is 8.20. The van der Waals surface area contributed by atoms with E-state index in [2.05, 4.69) is 20.2 Å². The van der Waals surface area contributed by atoms with Crippen molar-refractivity contribution < 1.29 is 17.7 Å². The number of benzene rings is 1. The Labute approximate surface area is 152 Å². The van der Waals surface area contributed by atoms with Crippen LogP contribution >= 0.6 is 0 Å². The van der Waals surface area contributed by atoms with Crippen molar-refractivity contribution in [3.05, 3.63) is 41.5 Å². The van der Waals surface area contributed by atoms with Gasteiger partial charge < -0.3 is 9.84 Å². The van der Waals surface area contributed by atoms with E-state index in [-0.39, 0.29) is 10.5 Å². The molecule has 26 heavy (non-hydrogen) atoms. The number of aromatic nitrogens is 2. The molecule has 3 rings (SSSR count). The van der Waals surface area contributed by atoms with Gasteiger partial charge >= 0.3 is 0 Å². The summed E-state index contributed by atoms with van der Waals surface area (Å²) in [4.78, 5) is 16.7. The number of aryl methyl sites for hydroxylation is 1. The van der Waals surface area contributed by atoms with Crippen LogP contribution in [-0.2, 0) is 10.0 Å². The van der Waals surface area contributed by atoms with Crippen molar-refractivity contribution in [1.82, 2.24) is 20.2 Å². The fourth-order valence-electron chi connectivity index (χ4n) is 2.48. The van der Waals surface area contributed by atoms with E-state index in [1.165, 1.54) is 12.1 Å². The molecule has 0 aliphatic heterocycles. The summed E-state index contributed by atoms with van der Waals surface area (Å²) in [6.45, 7) is 4.00. The van der Waals surface area contributed by atoms with Crippen molar-refractivity contribution in [3.63, 3.8) is 0 Å². The zero-order chi connectivity index (χ0) is 18.7. The molecule has 0 unspecified atom stereocenters. The third-order valence-corrected chi connectivity index (χ3v) is 5.66. The summed E-state index contributed by atoms with van der Waals surface area (Å²) < 4.78 is 32.3. The molecular weight excluding hydrogens is 356 g/mol. The third kappa shape index (κ3) is 4.47. The minimum absolute atomic E-state index is 0.0780. The average molecular weight is 378 g/mol. The standard InChI is InChI=1S/C17H22N4O4S/c1-3-15(16-19-11(2)25-21-16)20-17(22)13-5-4-6-14(9-13)26(23,24)18-10-12-7-8-12/h4-6,9,12,15,18H,3,7-8,10H2,1-2H3,(H,20,22)/t15-/m0/s1. The van der Waals surface area contributed by atoms with Gasteiger partial charge in [-0.15, -0.1) is 0 Å². The minimum atomic E-state index is -3.62. The van der Waals surface area contributed by atoms with E-state index in [0.717, 1.165) is 12.8 Å². The summed E-state index contributed by atoms with van der Waals surface area (Å²) in [5.41, 5.74) is 0.262. The molecule has 1 aliphatic rings. The number of hydrogen-bond acceptors (Lipinski definition) is 6. The Balaban J connectivity index is 1.72. The molecule has 1 aromatic carbocycles. The average Bonchev–Trinajstić information content (AvgIpc) is 3.37. The van der Waals surface area contributed by atoms with E-state index in [0.29, 0.717) is 30.6 Å². The molecule has 9 heteroatoms. The molecule has 2 N–H and O–H groups in total. The van der Waals surface area contributed by atoms with Gasteiger partial charge in [0.2, 0.25) is 15.9 Å². The summed E-state index contributed by atoms with van der Waals surface area (Å²) in [6.07, 6.45) is 2.68. The molecule has 1 amide bonds. The lowest BCUT2D eigenvalue weighted by Gasteiger charge is -2.14. The molecule has 8 nitrogen and oxygen atoms in total. The first-order valence-electron chi connectivity index (χ1n) is 8.60. The van der Waals surface area contributed by atoms with Gasteiger partial charge in [0, 0.05) is 19.0 Å². The second-order valence-electron chi connectivity index (χ2n) is 6.43. The monoisotopic (exact) mass is 378 g/mol. The molecule has 1 aliphatic carbocycles. The first-order chi connectivity index (χ1) is 12.4. The van der Waals surface area contributed by atoms with Crippen LogP contribution in [0.2, 0.25) is 0 Å². The summed E-state index contributed by atoms with van der Waals surface area (Å²) in [6, 6.07) is 5.57. The molecule has 1 aromatic heterocycles. The highest BCUT2D eigenvalue weighted by atomic mass is 32.2. The highest BCUT2D eigenvalue weighted by Crippen LogP contribution is 2.28. The van der Waals surface area contributed by atoms with Gasteiger partial charge in [0.05, 0.1) is 10.9 Å². The quantitative estimate of drug-likeness (QED) is 0.726. The van der Waals surface area contributed by atoms with E-state index >= 15 is 0 Å². The number of carbonyl (C=O) groups excluding carboxylic acids is 1. The largest absolute Gasteiger partial charge is 0.342 e. The normalized spacial score (nSPS) is 15.6. The number of amides is 1. The van der Waals surface area contributed by atoms with E-state index in [4.69, 9.17) is 4.52 Å². The molecule has 0 spiro atoms. The van der Waals surface area contributed by atoms with Crippen molar-refractivity contribution >= 4 is 15.9 Å². The Morgan fingerprint density at radius 3 is 2.77 bits per heavy atom. The summed E-state index contributed by atoms with van der Waals surface area (Å²) in [5, 5.41) is 6.64. The lowest BCUT2D eigenvalue weighted by molar-refractivity contribution is 0.0933. The maximum absolute atomic E-state index is 12.5. The van der Waals surface area contributed by atoms with Gasteiger partial charge in [-0.05, 0) is 43.4 Å². The fourth-order valence-corrected chi connectivity index (χ4v) is 3.65. The summed E-state index contributed by atoms with van der Waals surface area (Å²) in [5.74, 6) is 0.856. The van der Waals surface area contributed by atoms with Crippen LogP contribution in [0.15, 0.2) is 33.7 Å². The van der Waals surface area contributed by atoms with Crippen LogP contribution in [0.3, 0.4) is 0 Å². The molecule has 0 radical (unpaired) electrons. The van der Waals surface area contributed by atoms with Crippen LogP contribution in [0, 0.1) is 12.8 Å². The Morgan fingerprint density at radius 2 is 2.15 bits per heavy atom. The lowest BCUT2D eigenvalue weighted by Crippen LogP contribution is -2.29. The van der Waals surface area contributed by atoms with E-state index in [1.54, 1.807) is 19.1 Å². The Hall–Kier alpha value is -2.26. The molecule has 140 valence electrons. The van der Waals surface area contributed by atoms with E-state index in [9.17, 15) is 13.2 Å². The summed E-state index contributed by atoms with van der Waals surface area (Å²) in [7, 11) is -3.62. The SMILES string of the molecule is CC[C@H](NC(=O)c1cccc(S(=O)(=O)NCC2CC2)c1)c1noc(C)n1. The topological polar surface area (TPSA) is 114 Å². The van der Waals surface area contributed by atoms with Crippen molar-refractivity contribution in [2.24, 2.45) is 5.92 Å². The molecule has 1 fully saturated rings. The van der Waals surface area contributed by atoms with Crippen LogP contribution in [0.5, 0.6) is 0 Å². The summed E-state index contributed by atoms with van der Waals surface area (Å²) >= 11 is 0. The number of carbonyl (C=O) groups is 1. The first-order valence-corrected chi connectivity index (χ1v) is 10.1. The highest BCUT2D eigenvalue weighted by Gasteiger charge is 2.25. The molecule has 0 saturated heterocycles. The number of nitrogens with one attached hydrogen (secondary N) is 2. The number of rotatable bonds is 8. The van der Waals surface area contributed by atoms with Crippen LogP contribution < -0.4 is 10.0 Å². The molecule has 0 bridgehead atoms. The van der Waals surface area contributed by atoms with E-state index in [1.807, 2.05) is 6.92 Å². The van der Waals surface area contributed by atoms with Crippen LogP contribution in [0.4, 0.5) is 0 Å². The van der Waals surface area contributed by atoms with Crippen LogP contribution in [-0.4, -0.2) is 31.0 Å². The van der Waals surface area contributed by atoms with Crippen molar-refractivity contribution in [2.75, 3.05) is 6.54 Å². The van der Waals surface area contributed by atoms with Crippen molar-refractivity contribution in [2.45, 2.75) is 44.0 Å². The maximum Gasteiger partial charge on any atom is 0.251 e. The zero-order valence-electron chi connectivity index (χ0n) is 14.7. The number of hydrogen-bond donors (Lipinski definition) is 2. The molecule has 2 aromatic rings. The van der Waals surface area contributed by atoms with Gasteiger partial charge in [-0.2, -0.15) is 4.98 Å². The lowest BCUT2D eigenvalue weighted by atomic mass is 10.1. The second kappa shape index (κ2) is 7.55. The van der Waals surface area contributed by atoms with Gasteiger partial charge in [0.15, 0.2) is 5.82 Å². The predicted molar refractivity (Wildman–Crippen MR) is 93.9 cm³/mol.